The van der Waals surface area contributed by atoms with Crippen LogP contribution in [0.1, 0.15) is 348 Å². The summed E-state index contributed by atoms with van der Waals surface area (Å²) in [4.78, 5) is 35.9. The van der Waals surface area contributed by atoms with Gasteiger partial charge in [0.2, 0.25) is 0 Å². The summed E-state index contributed by atoms with van der Waals surface area (Å²) < 4.78 is 34.7. The SMILES string of the molecule is CCCCCCC/C=C\C/C=C\C/C=C\CCCCCCCCCCC(=O)OC(COC(=O)CCCCCCCCCCCCCCCCCCCCCCCCCCC/C=C\C/C=C\CCCCCCC)COP(=O)(O)OCC[N+](C)(C)C. The van der Waals surface area contributed by atoms with Gasteiger partial charge in [-0.15, -0.1) is 0 Å². The van der Waals surface area contributed by atoms with Gasteiger partial charge in [0, 0.05) is 12.8 Å². The van der Waals surface area contributed by atoms with Crippen LogP contribution >= 0.6 is 7.82 Å². The van der Waals surface area contributed by atoms with Crippen molar-refractivity contribution in [1.29, 1.82) is 0 Å². The van der Waals surface area contributed by atoms with E-state index in [0.717, 1.165) is 64.2 Å². The normalized spacial score (nSPS) is 13.5. The minimum atomic E-state index is -4.39. The number of nitrogens with zero attached hydrogens (tertiary/aromatic N) is 1. The van der Waals surface area contributed by atoms with Crippen molar-refractivity contribution in [1.82, 2.24) is 0 Å². The monoisotopic (exact) mass is 1200 g/mol. The number of unbranched alkanes of at least 4 members (excludes halogenated alkanes) is 43. The molecule has 0 spiro atoms. The lowest BCUT2D eigenvalue weighted by Crippen LogP contribution is -2.37. The lowest BCUT2D eigenvalue weighted by Gasteiger charge is -2.24. The zero-order valence-corrected chi connectivity index (χ0v) is 57.0. The lowest BCUT2D eigenvalue weighted by molar-refractivity contribution is -0.870. The van der Waals surface area contributed by atoms with Gasteiger partial charge in [-0.3, -0.25) is 18.6 Å². The maximum atomic E-state index is 12.9. The van der Waals surface area contributed by atoms with Crippen molar-refractivity contribution in [2.75, 3.05) is 47.5 Å². The first-order valence-corrected chi connectivity index (χ1v) is 37.5. The smallest absolute Gasteiger partial charge is 0.462 e. The average molecular weight is 1200 g/mol. The molecule has 2 unspecified atom stereocenters. The van der Waals surface area contributed by atoms with E-state index >= 15 is 0 Å². The molecule has 0 aliphatic heterocycles. The number of carbonyl (C=O) groups excluding carboxylic acids is 2. The van der Waals surface area contributed by atoms with Crippen LogP contribution in [0.2, 0.25) is 0 Å². The third kappa shape index (κ3) is 68.8. The first kappa shape index (κ1) is 81.7. The number of rotatable bonds is 67. The molecule has 0 aliphatic rings. The Labute approximate surface area is 521 Å². The molecule has 0 bridgehead atoms. The van der Waals surface area contributed by atoms with Gasteiger partial charge >= 0.3 is 19.8 Å². The molecule has 1 N–H and O–H groups in total. The highest BCUT2D eigenvalue weighted by atomic mass is 31.2. The van der Waals surface area contributed by atoms with Crippen molar-refractivity contribution in [3.63, 3.8) is 0 Å². The fraction of sp³-hybridized carbons (Fsp3) is 0.838. The maximum absolute atomic E-state index is 12.9. The third-order valence-corrected chi connectivity index (χ3v) is 17.0. The molecule has 0 rings (SSSR count). The second kappa shape index (κ2) is 65.2. The molecule has 0 saturated heterocycles. The second-order valence-electron chi connectivity index (χ2n) is 25.6. The maximum Gasteiger partial charge on any atom is 0.472 e. The third-order valence-electron chi connectivity index (χ3n) is 16.0. The molecule has 0 fully saturated rings. The van der Waals surface area contributed by atoms with E-state index < -0.39 is 26.5 Å². The number of hydrogen-bond acceptors (Lipinski definition) is 7. The topological polar surface area (TPSA) is 108 Å². The van der Waals surface area contributed by atoms with E-state index in [-0.39, 0.29) is 32.0 Å². The standard InChI is InChI=1S/C74H138NO8P/c1-6-8-10-12-14-16-18-20-22-24-26-28-30-31-32-33-34-35-36-37-38-39-40-41-42-43-45-46-48-50-52-54-56-58-60-62-64-66-73(76)80-70-72(71-82-84(78,79)81-69-68-75(3,4)5)83-74(77)67-65-63-61-59-57-55-53-51-49-47-44-29-27-25-23-21-19-17-15-13-11-9-7-2/h18-21,24-27,44,47,72H,6-17,22-23,28-43,45-46,48-71H2,1-5H3/p+1/b20-18-,21-19-,26-24-,27-25-,47-44-. The van der Waals surface area contributed by atoms with Crippen LogP contribution in [-0.4, -0.2) is 74.9 Å². The molecule has 0 radical (unpaired) electrons. The average Bonchev–Trinajstić information content (AvgIpc) is 3.61. The van der Waals surface area contributed by atoms with Crippen molar-refractivity contribution in [3.8, 4) is 0 Å². The summed E-state index contributed by atoms with van der Waals surface area (Å²) in [6, 6.07) is 0. The Hall–Kier alpha value is -2.29. The highest BCUT2D eigenvalue weighted by Crippen LogP contribution is 2.43. The summed E-state index contributed by atoms with van der Waals surface area (Å²) >= 11 is 0. The van der Waals surface area contributed by atoms with Gasteiger partial charge in [0.05, 0.1) is 27.7 Å². The number of carbonyl (C=O) groups is 2. The predicted octanol–water partition coefficient (Wildman–Crippen LogP) is 23.4. The Morgan fingerprint density at radius 1 is 0.369 bits per heavy atom. The Bertz CT molecular complexity index is 1600. The lowest BCUT2D eigenvalue weighted by atomic mass is 10.0. The van der Waals surface area contributed by atoms with Crippen LogP contribution in [-0.2, 0) is 32.7 Å². The molecule has 2 atom stereocenters. The molecule has 0 heterocycles. The number of likely N-dealkylation sites (N-methyl/N-ethyl adjacent to an activating group) is 1. The van der Waals surface area contributed by atoms with Crippen LogP contribution in [0.5, 0.6) is 0 Å². The largest absolute Gasteiger partial charge is 0.472 e. The minimum absolute atomic E-state index is 0.0303. The van der Waals surface area contributed by atoms with Gasteiger partial charge in [-0.05, 0) is 83.5 Å². The van der Waals surface area contributed by atoms with Crippen LogP contribution in [0.15, 0.2) is 60.8 Å². The molecule has 84 heavy (non-hydrogen) atoms. The molecule has 0 saturated carbocycles. The molecule has 0 aromatic rings. The van der Waals surface area contributed by atoms with Crippen LogP contribution in [0, 0.1) is 0 Å². The van der Waals surface area contributed by atoms with Gasteiger partial charge in [0.15, 0.2) is 6.10 Å². The van der Waals surface area contributed by atoms with Crippen LogP contribution in [0.3, 0.4) is 0 Å². The molecular formula is C74H139NO8P+. The Balaban J connectivity index is 3.96. The van der Waals surface area contributed by atoms with Gasteiger partial charge in [0.25, 0.3) is 0 Å². The van der Waals surface area contributed by atoms with E-state index in [4.69, 9.17) is 18.5 Å². The highest BCUT2D eigenvalue weighted by Gasteiger charge is 2.27. The van der Waals surface area contributed by atoms with Gasteiger partial charge < -0.3 is 18.9 Å². The predicted molar refractivity (Wildman–Crippen MR) is 363 cm³/mol. The van der Waals surface area contributed by atoms with E-state index in [2.05, 4.69) is 74.6 Å². The number of allylic oxidation sites excluding steroid dienone is 10. The summed E-state index contributed by atoms with van der Waals surface area (Å²) in [5.74, 6) is -0.791. The molecule has 0 amide bonds. The van der Waals surface area contributed by atoms with E-state index in [1.165, 1.54) is 250 Å². The van der Waals surface area contributed by atoms with Crippen LogP contribution in [0.25, 0.3) is 0 Å². The Kier molecular flexibility index (Phi) is 63.4. The van der Waals surface area contributed by atoms with Gasteiger partial charge in [0.1, 0.15) is 19.8 Å². The number of ether oxygens (including phenoxy) is 2. The first-order chi connectivity index (χ1) is 41.0. The zero-order chi connectivity index (χ0) is 61.2. The van der Waals surface area contributed by atoms with Crippen LogP contribution < -0.4 is 0 Å². The summed E-state index contributed by atoms with van der Waals surface area (Å²) in [5.41, 5.74) is 0. The molecule has 492 valence electrons. The van der Waals surface area contributed by atoms with Crippen molar-refractivity contribution in [3.05, 3.63) is 60.8 Å². The van der Waals surface area contributed by atoms with Crippen molar-refractivity contribution in [2.45, 2.75) is 354 Å². The molecular weight excluding hydrogens is 1060 g/mol. The Morgan fingerprint density at radius 2 is 0.643 bits per heavy atom. The summed E-state index contributed by atoms with van der Waals surface area (Å²) in [5, 5.41) is 0. The van der Waals surface area contributed by atoms with Gasteiger partial charge in [-0.1, -0.05) is 312 Å². The van der Waals surface area contributed by atoms with E-state index in [9.17, 15) is 19.0 Å². The summed E-state index contributed by atoms with van der Waals surface area (Å²) in [6.07, 6.45) is 86.3. The van der Waals surface area contributed by atoms with E-state index in [1.807, 2.05) is 21.1 Å². The molecule has 0 aromatic heterocycles. The second-order valence-corrected chi connectivity index (χ2v) is 27.1. The molecule has 0 aliphatic carbocycles. The number of phosphoric acid groups is 1. The van der Waals surface area contributed by atoms with E-state index in [1.54, 1.807) is 0 Å². The van der Waals surface area contributed by atoms with Crippen molar-refractivity contribution < 1.29 is 42.1 Å². The molecule has 0 aromatic carbocycles. The number of quaternary nitrogens is 1. The van der Waals surface area contributed by atoms with Gasteiger partial charge in [-0.2, -0.15) is 0 Å². The minimum Gasteiger partial charge on any atom is -0.462 e. The Morgan fingerprint density at radius 3 is 0.952 bits per heavy atom. The van der Waals surface area contributed by atoms with Gasteiger partial charge in [-0.25, -0.2) is 4.57 Å². The zero-order valence-electron chi connectivity index (χ0n) is 56.1. The van der Waals surface area contributed by atoms with Crippen LogP contribution in [0.4, 0.5) is 0 Å². The number of hydrogen-bond donors (Lipinski definition) is 1. The summed E-state index contributed by atoms with van der Waals surface area (Å²) in [6.45, 7) is 4.45. The van der Waals surface area contributed by atoms with Crippen molar-refractivity contribution in [2.24, 2.45) is 0 Å². The molecule has 10 heteroatoms. The van der Waals surface area contributed by atoms with Crippen molar-refractivity contribution >= 4 is 19.8 Å². The fourth-order valence-electron chi connectivity index (χ4n) is 10.5. The number of phosphoric ester groups is 1. The van der Waals surface area contributed by atoms with E-state index in [0.29, 0.717) is 17.4 Å². The highest BCUT2D eigenvalue weighted by molar-refractivity contribution is 7.47. The first-order valence-electron chi connectivity index (χ1n) is 36.0. The quantitative estimate of drug-likeness (QED) is 0.0211. The number of esters is 2. The fourth-order valence-corrected chi connectivity index (χ4v) is 11.2. The summed E-state index contributed by atoms with van der Waals surface area (Å²) in [7, 11) is 1.48. The molecule has 9 nitrogen and oxygen atoms in total.